The van der Waals surface area contributed by atoms with Crippen molar-refractivity contribution in [2.45, 2.75) is 12.5 Å². The first kappa shape index (κ1) is 30.9. The highest BCUT2D eigenvalue weighted by Gasteiger charge is 2.20. The molecule has 1 atom stereocenters. The van der Waals surface area contributed by atoms with Gasteiger partial charge in [0.2, 0.25) is 0 Å². The quantitative estimate of drug-likeness (QED) is 0.146. The Balaban J connectivity index is 1.00. The summed E-state index contributed by atoms with van der Waals surface area (Å²) in [5, 5.41) is 2.24. The lowest BCUT2D eigenvalue weighted by molar-refractivity contribution is 0.669. The maximum absolute atomic E-state index is 6.20. The van der Waals surface area contributed by atoms with Crippen LogP contribution in [0.4, 0.5) is 5.69 Å². The summed E-state index contributed by atoms with van der Waals surface area (Å²) in [4.78, 5) is 2.31. The molecule has 0 spiro atoms. The summed E-state index contributed by atoms with van der Waals surface area (Å²) < 4.78 is 6.20. The number of anilines is 1. The molecule has 1 aliphatic rings. The third kappa shape index (κ3) is 6.27. The zero-order chi connectivity index (χ0) is 33.9. The topological polar surface area (TPSA) is 16.4 Å². The molecule has 8 rings (SSSR count). The van der Waals surface area contributed by atoms with Crippen molar-refractivity contribution in [3.8, 4) is 22.3 Å². The molecule has 0 fully saturated rings. The molecule has 0 saturated carbocycles. The molecule has 240 valence electrons. The van der Waals surface area contributed by atoms with Gasteiger partial charge in [-0.2, -0.15) is 0 Å². The molecule has 6 aromatic carbocycles. The third-order valence-electron chi connectivity index (χ3n) is 9.50. The van der Waals surface area contributed by atoms with E-state index in [-0.39, 0.29) is 6.04 Å². The average Bonchev–Trinajstić information content (AvgIpc) is 3.56. The van der Waals surface area contributed by atoms with E-state index in [1.807, 2.05) is 12.1 Å². The third-order valence-corrected chi connectivity index (χ3v) is 9.50. The van der Waals surface area contributed by atoms with E-state index in [2.05, 4.69) is 188 Å². The molecule has 2 nitrogen and oxygen atoms in total. The number of nitrogens with zero attached hydrogens (tertiary/aromatic N) is 1. The molecular weight excluding hydrogens is 607 g/mol. The van der Waals surface area contributed by atoms with E-state index in [0.717, 1.165) is 62.0 Å². The molecule has 0 aliphatic heterocycles. The molecule has 0 amide bonds. The average molecular weight is 644 g/mol. The van der Waals surface area contributed by atoms with Gasteiger partial charge in [-0.15, -0.1) is 0 Å². The summed E-state index contributed by atoms with van der Waals surface area (Å²) in [6, 6.07) is 53.2. The Hall–Kier alpha value is -6.38. The molecule has 1 heterocycles. The number of para-hydroxylation sites is 1. The Labute approximate surface area is 294 Å². The summed E-state index contributed by atoms with van der Waals surface area (Å²) >= 11 is 0. The van der Waals surface area contributed by atoms with Crippen LogP contribution in [0.1, 0.15) is 17.5 Å². The fraction of sp³-hybridized carbons (Fsp3) is 0.0417. The van der Waals surface area contributed by atoms with Crippen molar-refractivity contribution < 1.29 is 4.42 Å². The summed E-state index contributed by atoms with van der Waals surface area (Å²) in [6.45, 7) is 8.91. The van der Waals surface area contributed by atoms with Crippen LogP contribution in [0.2, 0.25) is 0 Å². The van der Waals surface area contributed by atoms with Crippen molar-refractivity contribution in [2.75, 3.05) is 4.90 Å². The first-order valence-corrected chi connectivity index (χ1v) is 17.1. The molecule has 50 heavy (non-hydrogen) atoms. The van der Waals surface area contributed by atoms with Crippen LogP contribution < -0.4 is 4.90 Å². The Morgan fingerprint density at radius 1 is 0.580 bits per heavy atom. The maximum Gasteiger partial charge on any atom is 0.135 e. The first-order chi connectivity index (χ1) is 24.6. The smallest absolute Gasteiger partial charge is 0.135 e. The number of hydrogen-bond donors (Lipinski definition) is 0. The highest BCUT2D eigenvalue weighted by Crippen LogP contribution is 2.36. The van der Waals surface area contributed by atoms with Crippen LogP contribution in [0.25, 0.3) is 55.3 Å². The van der Waals surface area contributed by atoms with Gasteiger partial charge >= 0.3 is 0 Å². The zero-order valence-corrected chi connectivity index (χ0v) is 27.9. The second kappa shape index (κ2) is 13.6. The van der Waals surface area contributed by atoms with Gasteiger partial charge in [-0.05, 0) is 93.4 Å². The van der Waals surface area contributed by atoms with Gasteiger partial charge in [0.25, 0.3) is 0 Å². The van der Waals surface area contributed by atoms with Crippen LogP contribution in [0.3, 0.4) is 0 Å². The van der Waals surface area contributed by atoms with E-state index in [1.165, 1.54) is 22.3 Å². The normalized spacial score (nSPS) is 14.2. The van der Waals surface area contributed by atoms with Crippen molar-refractivity contribution >= 4 is 38.8 Å². The largest absolute Gasteiger partial charge is 0.456 e. The fourth-order valence-electron chi connectivity index (χ4n) is 6.82. The van der Waals surface area contributed by atoms with Gasteiger partial charge in [0.1, 0.15) is 11.2 Å². The molecule has 7 aromatic rings. The number of furan rings is 1. The Kier molecular flexibility index (Phi) is 8.42. The Morgan fingerprint density at radius 3 is 1.70 bits per heavy atom. The predicted octanol–water partition coefficient (Wildman–Crippen LogP) is 12.9. The monoisotopic (exact) mass is 643 g/mol. The molecule has 0 radical (unpaired) electrons. The van der Waals surface area contributed by atoms with Crippen LogP contribution in [0.15, 0.2) is 205 Å². The minimum Gasteiger partial charge on any atom is -0.456 e. The van der Waals surface area contributed by atoms with Crippen molar-refractivity contribution in [1.82, 2.24) is 0 Å². The molecule has 0 bridgehead atoms. The molecular formula is C48H37NO. The second-order valence-corrected chi connectivity index (χ2v) is 12.7. The van der Waals surface area contributed by atoms with Gasteiger partial charge in [0.05, 0.1) is 6.04 Å². The summed E-state index contributed by atoms with van der Waals surface area (Å²) in [7, 11) is 0. The van der Waals surface area contributed by atoms with Gasteiger partial charge in [-0.1, -0.05) is 153 Å². The molecule has 1 aromatic heterocycles. The minimum absolute atomic E-state index is 0.157. The van der Waals surface area contributed by atoms with E-state index in [9.17, 15) is 0 Å². The molecule has 1 unspecified atom stereocenters. The fourth-order valence-corrected chi connectivity index (χ4v) is 6.82. The van der Waals surface area contributed by atoms with Crippen LogP contribution in [0.5, 0.6) is 0 Å². The van der Waals surface area contributed by atoms with E-state index in [0.29, 0.717) is 0 Å². The standard InChI is InChI=1S/C48H37NO/c1-34(18-19-35(2)49(43-16-10-5-11-17-43)44-28-24-39(25-29-44)37-12-6-3-7-13-37)36-20-22-40(23-21-36)42-27-31-48-46(33-42)45-32-41(26-30-47(45)50-48)38-14-8-4-9-15-38/h3-28,30-33,44H,1-2,29H2. The Bertz CT molecular complexity index is 2410. The van der Waals surface area contributed by atoms with E-state index < -0.39 is 0 Å². The van der Waals surface area contributed by atoms with Crippen molar-refractivity contribution in [1.29, 1.82) is 0 Å². The lowest BCUT2D eigenvalue weighted by atomic mass is 9.95. The maximum atomic E-state index is 6.20. The van der Waals surface area contributed by atoms with Gasteiger partial charge < -0.3 is 9.32 Å². The number of hydrogen-bond acceptors (Lipinski definition) is 2. The minimum atomic E-state index is 0.157. The van der Waals surface area contributed by atoms with Crippen molar-refractivity contribution in [3.05, 3.63) is 212 Å². The van der Waals surface area contributed by atoms with Gasteiger partial charge in [0, 0.05) is 22.2 Å². The van der Waals surface area contributed by atoms with Crippen LogP contribution in [-0.4, -0.2) is 6.04 Å². The lowest BCUT2D eigenvalue weighted by Crippen LogP contribution is -2.32. The zero-order valence-electron chi connectivity index (χ0n) is 27.9. The SMILES string of the molecule is C=C(C=CC(=C)N(c1ccccc1)C1C=CC(c2ccccc2)=CC1)c1ccc(-c2ccc3oc4ccc(-c5ccccc5)cc4c3c2)cc1. The molecule has 2 heteroatoms. The highest BCUT2D eigenvalue weighted by atomic mass is 16.3. The van der Waals surface area contributed by atoms with Gasteiger partial charge in [0.15, 0.2) is 0 Å². The van der Waals surface area contributed by atoms with E-state index in [4.69, 9.17) is 4.42 Å². The summed E-state index contributed by atoms with van der Waals surface area (Å²) in [5.41, 5.74) is 13.0. The van der Waals surface area contributed by atoms with Crippen LogP contribution >= 0.6 is 0 Å². The molecule has 0 N–H and O–H groups in total. The van der Waals surface area contributed by atoms with Gasteiger partial charge in [-0.25, -0.2) is 0 Å². The lowest BCUT2D eigenvalue weighted by Gasteiger charge is -2.33. The van der Waals surface area contributed by atoms with Crippen molar-refractivity contribution in [2.24, 2.45) is 0 Å². The highest BCUT2D eigenvalue weighted by molar-refractivity contribution is 6.07. The Morgan fingerprint density at radius 2 is 1.12 bits per heavy atom. The predicted molar refractivity (Wildman–Crippen MR) is 213 cm³/mol. The van der Waals surface area contributed by atoms with Crippen LogP contribution in [0, 0.1) is 0 Å². The number of benzene rings is 6. The van der Waals surface area contributed by atoms with Crippen LogP contribution in [-0.2, 0) is 0 Å². The van der Waals surface area contributed by atoms with Gasteiger partial charge in [-0.3, -0.25) is 0 Å². The first-order valence-electron chi connectivity index (χ1n) is 17.1. The second-order valence-electron chi connectivity index (χ2n) is 12.7. The summed E-state index contributed by atoms with van der Waals surface area (Å²) in [6.07, 6.45) is 11.9. The molecule has 1 aliphatic carbocycles. The molecule has 0 saturated heterocycles. The number of rotatable bonds is 9. The number of fused-ring (bicyclic) bond motifs is 3. The van der Waals surface area contributed by atoms with E-state index in [1.54, 1.807) is 0 Å². The summed E-state index contributed by atoms with van der Waals surface area (Å²) in [5.74, 6) is 0. The van der Waals surface area contributed by atoms with Crippen molar-refractivity contribution in [3.63, 3.8) is 0 Å². The number of allylic oxidation sites excluding steroid dienone is 5. The van der Waals surface area contributed by atoms with E-state index >= 15 is 0 Å².